The molecular weight excluding hydrogens is 286 g/mol. The fraction of sp³-hybridized carbons (Fsp3) is 0.250. The van der Waals surface area contributed by atoms with Gasteiger partial charge in [0.15, 0.2) is 11.5 Å². The number of rotatable bonds is 5. The molecule has 5 heteroatoms. The predicted octanol–water partition coefficient (Wildman–Crippen LogP) is 3.85. The second kappa shape index (κ2) is 6.18. The van der Waals surface area contributed by atoms with Crippen LogP contribution in [0.25, 0.3) is 0 Å². The molecule has 2 aromatic rings. The van der Waals surface area contributed by atoms with Gasteiger partial charge in [0.05, 0.1) is 0 Å². The Balaban J connectivity index is 1.76. The van der Waals surface area contributed by atoms with E-state index in [4.69, 9.17) is 9.47 Å². The molecule has 0 saturated heterocycles. The van der Waals surface area contributed by atoms with Crippen molar-refractivity contribution in [1.29, 1.82) is 0 Å². The normalized spacial score (nSPS) is 12.4. The molecular formula is C16H17NO3S. The molecule has 0 aromatic heterocycles. The SMILES string of the molecule is CCSc1ccccc1NCc1cc2c(cc1O)OCO2. The summed E-state index contributed by atoms with van der Waals surface area (Å²) >= 11 is 1.79. The Hall–Kier alpha value is -2.01. The van der Waals surface area contributed by atoms with Crippen LogP contribution in [0.4, 0.5) is 5.69 Å². The first kappa shape index (κ1) is 13.9. The van der Waals surface area contributed by atoms with E-state index in [1.54, 1.807) is 17.8 Å². The molecule has 21 heavy (non-hydrogen) atoms. The molecule has 0 amide bonds. The van der Waals surface area contributed by atoms with E-state index in [0.717, 1.165) is 17.0 Å². The lowest BCUT2D eigenvalue weighted by atomic mass is 10.1. The molecule has 0 radical (unpaired) electrons. The minimum atomic E-state index is 0.210. The minimum absolute atomic E-state index is 0.210. The van der Waals surface area contributed by atoms with Crippen molar-refractivity contribution < 1.29 is 14.6 Å². The van der Waals surface area contributed by atoms with Gasteiger partial charge in [0, 0.05) is 28.8 Å². The van der Waals surface area contributed by atoms with Gasteiger partial charge in [-0.25, -0.2) is 0 Å². The molecule has 110 valence electrons. The Kier molecular flexibility index (Phi) is 4.10. The number of nitrogens with one attached hydrogen (secondary N) is 1. The molecule has 0 fully saturated rings. The lowest BCUT2D eigenvalue weighted by molar-refractivity contribution is 0.174. The number of hydrogen-bond acceptors (Lipinski definition) is 5. The molecule has 1 heterocycles. The molecule has 1 aliphatic heterocycles. The lowest BCUT2D eigenvalue weighted by Gasteiger charge is -2.12. The number of hydrogen-bond donors (Lipinski definition) is 2. The summed E-state index contributed by atoms with van der Waals surface area (Å²) in [6.45, 7) is 2.87. The molecule has 4 nitrogen and oxygen atoms in total. The summed E-state index contributed by atoms with van der Waals surface area (Å²) in [6, 6.07) is 11.6. The number of thioether (sulfide) groups is 1. The summed E-state index contributed by atoms with van der Waals surface area (Å²) < 4.78 is 10.6. The van der Waals surface area contributed by atoms with Crippen LogP contribution in [0, 0.1) is 0 Å². The van der Waals surface area contributed by atoms with Crippen LogP contribution in [-0.4, -0.2) is 17.7 Å². The highest BCUT2D eigenvalue weighted by Gasteiger charge is 2.17. The molecule has 0 atom stereocenters. The quantitative estimate of drug-likeness (QED) is 0.822. The summed E-state index contributed by atoms with van der Waals surface area (Å²) in [7, 11) is 0. The first-order valence-corrected chi connectivity index (χ1v) is 7.83. The van der Waals surface area contributed by atoms with Gasteiger partial charge >= 0.3 is 0 Å². The van der Waals surface area contributed by atoms with E-state index in [2.05, 4.69) is 18.3 Å². The Bertz CT molecular complexity index is 645. The van der Waals surface area contributed by atoms with E-state index in [9.17, 15) is 5.11 Å². The molecule has 2 aromatic carbocycles. The smallest absolute Gasteiger partial charge is 0.231 e. The number of benzene rings is 2. The van der Waals surface area contributed by atoms with Crippen LogP contribution in [0.15, 0.2) is 41.3 Å². The molecule has 0 bridgehead atoms. The van der Waals surface area contributed by atoms with Crippen LogP contribution in [0.5, 0.6) is 17.2 Å². The number of ether oxygens (including phenoxy) is 2. The van der Waals surface area contributed by atoms with E-state index >= 15 is 0 Å². The van der Waals surface area contributed by atoms with Gasteiger partial charge in [-0.1, -0.05) is 19.1 Å². The summed E-state index contributed by atoms with van der Waals surface area (Å²) in [4.78, 5) is 1.21. The van der Waals surface area contributed by atoms with E-state index < -0.39 is 0 Å². The van der Waals surface area contributed by atoms with E-state index in [-0.39, 0.29) is 12.5 Å². The second-order valence-electron chi connectivity index (χ2n) is 4.62. The van der Waals surface area contributed by atoms with Gasteiger partial charge in [0.2, 0.25) is 6.79 Å². The Morgan fingerprint density at radius 3 is 2.76 bits per heavy atom. The molecule has 1 aliphatic rings. The van der Waals surface area contributed by atoms with Crippen LogP contribution >= 0.6 is 11.8 Å². The maximum atomic E-state index is 10.0. The van der Waals surface area contributed by atoms with Crippen molar-refractivity contribution in [1.82, 2.24) is 0 Å². The number of aromatic hydroxyl groups is 1. The Labute approximate surface area is 128 Å². The first-order valence-electron chi connectivity index (χ1n) is 6.85. The van der Waals surface area contributed by atoms with Crippen LogP contribution in [0.2, 0.25) is 0 Å². The van der Waals surface area contributed by atoms with Crippen LogP contribution < -0.4 is 14.8 Å². The maximum Gasteiger partial charge on any atom is 0.231 e. The highest BCUT2D eigenvalue weighted by molar-refractivity contribution is 7.99. The first-order chi connectivity index (χ1) is 10.3. The van der Waals surface area contributed by atoms with Crippen molar-refractivity contribution in [2.45, 2.75) is 18.4 Å². The summed E-state index contributed by atoms with van der Waals surface area (Å²) in [6.07, 6.45) is 0. The topological polar surface area (TPSA) is 50.7 Å². The minimum Gasteiger partial charge on any atom is -0.507 e. The van der Waals surface area contributed by atoms with Crippen molar-refractivity contribution in [3.63, 3.8) is 0 Å². The van der Waals surface area contributed by atoms with Crippen LogP contribution in [0.3, 0.4) is 0 Å². The standard InChI is InChI=1S/C16H17NO3S/c1-2-21-16-6-4-3-5-12(16)17-9-11-7-14-15(8-13(11)18)20-10-19-14/h3-8,17-18H,2,9-10H2,1H3. The fourth-order valence-electron chi connectivity index (χ4n) is 2.20. The number of para-hydroxylation sites is 1. The van der Waals surface area contributed by atoms with Crippen molar-refractivity contribution in [3.05, 3.63) is 42.0 Å². The van der Waals surface area contributed by atoms with Crippen molar-refractivity contribution in [2.24, 2.45) is 0 Å². The average Bonchev–Trinajstić information content (AvgIpc) is 2.93. The molecule has 3 rings (SSSR count). The average molecular weight is 303 g/mol. The van der Waals surface area contributed by atoms with Gasteiger partial charge in [-0.15, -0.1) is 11.8 Å². The van der Waals surface area contributed by atoms with Crippen molar-refractivity contribution in [2.75, 3.05) is 17.9 Å². The van der Waals surface area contributed by atoms with E-state index in [1.807, 2.05) is 24.3 Å². The molecule has 0 unspecified atom stereocenters. The van der Waals surface area contributed by atoms with Gasteiger partial charge < -0.3 is 19.9 Å². The summed E-state index contributed by atoms with van der Waals surface area (Å²) in [5.74, 6) is 2.51. The zero-order valence-corrected chi connectivity index (χ0v) is 12.6. The van der Waals surface area contributed by atoms with Gasteiger partial charge in [-0.3, -0.25) is 0 Å². The third kappa shape index (κ3) is 3.03. The third-order valence-corrected chi connectivity index (χ3v) is 4.19. The fourth-order valence-corrected chi connectivity index (χ4v) is 2.98. The van der Waals surface area contributed by atoms with Gasteiger partial charge in [-0.2, -0.15) is 0 Å². The number of anilines is 1. The van der Waals surface area contributed by atoms with Gasteiger partial charge in [0.1, 0.15) is 5.75 Å². The van der Waals surface area contributed by atoms with E-state index in [1.165, 1.54) is 4.90 Å². The number of phenols is 1. The lowest BCUT2D eigenvalue weighted by Crippen LogP contribution is -2.01. The van der Waals surface area contributed by atoms with Crippen LogP contribution in [-0.2, 0) is 6.54 Å². The summed E-state index contributed by atoms with van der Waals surface area (Å²) in [5, 5.41) is 13.4. The zero-order chi connectivity index (χ0) is 14.7. The monoisotopic (exact) mass is 303 g/mol. The largest absolute Gasteiger partial charge is 0.507 e. The number of fused-ring (bicyclic) bond motifs is 1. The highest BCUT2D eigenvalue weighted by atomic mass is 32.2. The third-order valence-electron chi connectivity index (χ3n) is 3.23. The van der Waals surface area contributed by atoms with Crippen LogP contribution in [0.1, 0.15) is 12.5 Å². The Morgan fingerprint density at radius 2 is 1.95 bits per heavy atom. The second-order valence-corrected chi connectivity index (χ2v) is 5.92. The molecule has 0 spiro atoms. The van der Waals surface area contributed by atoms with Crippen molar-refractivity contribution >= 4 is 17.4 Å². The Morgan fingerprint density at radius 1 is 1.19 bits per heavy atom. The number of phenolic OH excluding ortho intramolecular Hbond substituents is 1. The van der Waals surface area contributed by atoms with Gasteiger partial charge in [0.25, 0.3) is 0 Å². The molecule has 0 aliphatic carbocycles. The molecule has 0 saturated carbocycles. The zero-order valence-electron chi connectivity index (χ0n) is 11.8. The summed E-state index contributed by atoms with van der Waals surface area (Å²) in [5.41, 5.74) is 1.86. The predicted molar refractivity (Wildman–Crippen MR) is 84.4 cm³/mol. The maximum absolute atomic E-state index is 10.0. The van der Waals surface area contributed by atoms with E-state index in [0.29, 0.717) is 18.0 Å². The van der Waals surface area contributed by atoms with Gasteiger partial charge in [-0.05, 0) is 24.0 Å². The highest BCUT2D eigenvalue weighted by Crippen LogP contribution is 2.38. The van der Waals surface area contributed by atoms with Crippen molar-refractivity contribution in [3.8, 4) is 17.2 Å². The molecule has 2 N–H and O–H groups in total.